The second kappa shape index (κ2) is 6.43. The number of alkyl halides is 2. The van der Waals surface area contributed by atoms with Crippen LogP contribution in [0.4, 0.5) is 14.5 Å². The Kier molecular flexibility index (Phi) is 4.49. The lowest BCUT2D eigenvalue weighted by molar-refractivity contribution is -0.126. The Morgan fingerprint density at radius 2 is 1.88 bits per heavy atom. The zero-order chi connectivity index (χ0) is 17.2. The number of amidine groups is 1. The first-order chi connectivity index (χ1) is 11.4. The van der Waals surface area contributed by atoms with Crippen LogP contribution in [0.3, 0.4) is 0 Å². The van der Waals surface area contributed by atoms with Crippen molar-refractivity contribution in [2.75, 3.05) is 32.2 Å². The maximum atomic E-state index is 15.0. The van der Waals surface area contributed by atoms with Crippen molar-refractivity contribution in [2.45, 2.75) is 30.7 Å². The molecule has 1 aromatic carbocycles. The van der Waals surface area contributed by atoms with Crippen LogP contribution in [0.25, 0.3) is 0 Å². The normalized spacial score (nSPS) is 27.2. The highest BCUT2D eigenvalue weighted by molar-refractivity contribution is 5.74. The fourth-order valence-corrected chi connectivity index (χ4v) is 3.11. The molecular formula is C16H21F2N3O3. The van der Waals surface area contributed by atoms with E-state index in [-0.39, 0.29) is 24.6 Å². The fourth-order valence-electron chi connectivity index (χ4n) is 3.11. The summed E-state index contributed by atoms with van der Waals surface area (Å²) in [5, 5.41) is 0. The second-order valence-corrected chi connectivity index (χ2v) is 5.98. The summed E-state index contributed by atoms with van der Waals surface area (Å²) in [6, 6.07) is 4.43. The van der Waals surface area contributed by atoms with Gasteiger partial charge in [0.05, 0.1) is 6.61 Å². The van der Waals surface area contributed by atoms with E-state index in [4.69, 9.17) is 25.7 Å². The summed E-state index contributed by atoms with van der Waals surface area (Å²) in [7, 11) is 0. The van der Waals surface area contributed by atoms with E-state index in [1.165, 1.54) is 6.07 Å². The summed E-state index contributed by atoms with van der Waals surface area (Å²) in [6.45, 7) is 0.308. The monoisotopic (exact) mass is 341 g/mol. The number of aliphatic imine (C=N–C) groups is 1. The standard InChI is InChI=1S/C16H21F2N3O3/c17-16(18)10-24-14(20)21-15(16)5-1-2-6-22-7-8-23-13-4-3-11(19)9-12(13)15/h3-4,9H,1-2,5-8,10,19H2,(H2,20,21)/t15-/m1/s1. The first kappa shape index (κ1) is 16.8. The Hall–Kier alpha value is -2.09. The molecule has 1 atom stereocenters. The summed E-state index contributed by atoms with van der Waals surface area (Å²) in [6.07, 6.45) is 1.24. The van der Waals surface area contributed by atoms with E-state index in [0.717, 1.165) is 0 Å². The van der Waals surface area contributed by atoms with Crippen LogP contribution in [0.15, 0.2) is 23.2 Å². The van der Waals surface area contributed by atoms with E-state index in [2.05, 4.69) is 4.99 Å². The van der Waals surface area contributed by atoms with Crippen molar-refractivity contribution in [2.24, 2.45) is 10.7 Å². The number of fused-ring (bicyclic) bond motifs is 2. The molecule has 3 rings (SSSR count). The van der Waals surface area contributed by atoms with Gasteiger partial charge in [-0.1, -0.05) is 0 Å². The summed E-state index contributed by atoms with van der Waals surface area (Å²) < 4.78 is 45.8. The molecule has 0 fully saturated rings. The topological polar surface area (TPSA) is 92.1 Å². The summed E-state index contributed by atoms with van der Waals surface area (Å²) in [5.41, 5.74) is 10.2. The average Bonchev–Trinajstić information content (AvgIpc) is 2.57. The Labute approximate surface area is 138 Å². The molecule has 0 saturated heterocycles. The van der Waals surface area contributed by atoms with Crippen molar-refractivity contribution in [1.82, 2.24) is 0 Å². The highest BCUT2D eigenvalue weighted by atomic mass is 19.3. The van der Waals surface area contributed by atoms with Crippen LogP contribution in [0, 0.1) is 0 Å². The Morgan fingerprint density at radius 3 is 2.71 bits per heavy atom. The molecule has 0 bridgehead atoms. The van der Waals surface area contributed by atoms with Crippen LogP contribution in [0.1, 0.15) is 24.8 Å². The number of benzene rings is 1. The first-order valence-corrected chi connectivity index (χ1v) is 7.91. The zero-order valence-corrected chi connectivity index (χ0v) is 13.3. The van der Waals surface area contributed by atoms with Crippen molar-refractivity contribution < 1.29 is 23.0 Å². The van der Waals surface area contributed by atoms with Gasteiger partial charge < -0.3 is 25.7 Å². The molecule has 4 N–H and O–H groups in total. The lowest BCUT2D eigenvalue weighted by Gasteiger charge is -2.41. The molecule has 1 aromatic rings. The number of hydrogen-bond acceptors (Lipinski definition) is 6. The third-order valence-corrected chi connectivity index (χ3v) is 4.32. The molecule has 0 aliphatic carbocycles. The zero-order valence-electron chi connectivity index (χ0n) is 13.3. The minimum absolute atomic E-state index is 0.0905. The highest BCUT2D eigenvalue weighted by Gasteiger charge is 2.59. The van der Waals surface area contributed by atoms with E-state index in [9.17, 15) is 8.78 Å². The van der Waals surface area contributed by atoms with Crippen molar-refractivity contribution in [3.8, 4) is 5.75 Å². The van der Waals surface area contributed by atoms with E-state index >= 15 is 0 Å². The number of halogens is 2. The van der Waals surface area contributed by atoms with Crippen molar-refractivity contribution in [3.63, 3.8) is 0 Å². The maximum Gasteiger partial charge on any atom is 0.310 e. The quantitative estimate of drug-likeness (QED) is 0.705. The van der Waals surface area contributed by atoms with E-state index in [0.29, 0.717) is 37.5 Å². The molecule has 0 saturated carbocycles. The average molecular weight is 341 g/mol. The number of hydrogen-bond donors (Lipinski definition) is 2. The Bertz CT molecular complexity index is 639. The number of nitrogens with two attached hydrogens (primary N) is 2. The number of rotatable bonds is 0. The molecule has 1 spiro atoms. The van der Waals surface area contributed by atoms with Gasteiger partial charge in [-0.25, -0.2) is 4.99 Å². The van der Waals surface area contributed by atoms with Gasteiger partial charge in [0.25, 0.3) is 6.02 Å². The van der Waals surface area contributed by atoms with Gasteiger partial charge >= 0.3 is 5.92 Å². The van der Waals surface area contributed by atoms with Gasteiger partial charge in [0, 0.05) is 17.9 Å². The fraction of sp³-hybridized carbons (Fsp3) is 0.562. The highest BCUT2D eigenvalue weighted by Crippen LogP contribution is 2.50. The second-order valence-electron chi connectivity index (χ2n) is 5.98. The molecule has 2 aliphatic heterocycles. The van der Waals surface area contributed by atoms with Gasteiger partial charge in [0.15, 0.2) is 12.1 Å². The predicted molar refractivity (Wildman–Crippen MR) is 85.2 cm³/mol. The van der Waals surface area contributed by atoms with Gasteiger partial charge in [-0.3, -0.25) is 0 Å². The summed E-state index contributed by atoms with van der Waals surface area (Å²) in [4.78, 5) is 4.06. The van der Waals surface area contributed by atoms with Gasteiger partial charge in [-0.05, 0) is 37.5 Å². The molecule has 24 heavy (non-hydrogen) atoms. The van der Waals surface area contributed by atoms with Crippen LogP contribution in [0.2, 0.25) is 0 Å². The molecule has 0 radical (unpaired) electrons. The van der Waals surface area contributed by atoms with Crippen molar-refractivity contribution in [1.29, 1.82) is 0 Å². The third-order valence-electron chi connectivity index (χ3n) is 4.32. The number of anilines is 1. The molecule has 8 heteroatoms. The molecular weight excluding hydrogens is 320 g/mol. The smallest absolute Gasteiger partial charge is 0.310 e. The predicted octanol–water partition coefficient (Wildman–Crippen LogP) is 2.02. The van der Waals surface area contributed by atoms with E-state index in [1.807, 2.05) is 0 Å². The molecule has 0 amide bonds. The van der Waals surface area contributed by atoms with E-state index < -0.39 is 18.1 Å². The molecule has 6 nitrogen and oxygen atoms in total. The van der Waals surface area contributed by atoms with Gasteiger partial charge in [0.1, 0.15) is 12.4 Å². The van der Waals surface area contributed by atoms with E-state index in [1.54, 1.807) is 12.1 Å². The Morgan fingerprint density at radius 1 is 1.04 bits per heavy atom. The van der Waals surface area contributed by atoms with Crippen molar-refractivity contribution >= 4 is 11.7 Å². The van der Waals surface area contributed by atoms with Gasteiger partial charge in [-0.2, -0.15) is 8.78 Å². The minimum Gasteiger partial charge on any atom is -0.491 e. The van der Waals surface area contributed by atoms with Gasteiger partial charge in [0.2, 0.25) is 0 Å². The van der Waals surface area contributed by atoms with Crippen LogP contribution in [-0.4, -0.2) is 38.4 Å². The number of ether oxygens (including phenoxy) is 3. The van der Waals surface area contributed by atoms with Gasteiger partial charge in [-0.15, -0.1) is 0 Å². The summed E-state index contributed by atoms with van der Waals surface area (Å²) >= 11 is 0. The molecule has 132 valence electrons. The van der Waals surface area contributed by atoms with Crippen LogP contribution in [0.5, 0.6) is 5.75 Å². The largest absolute Gasteiger partial charge is 0.491 e. The molecule has 0 aromatic heterocycles. The van der Waals surface area contributed by atoms with Crippen LogP contribution in [-0.2, 0) is 15.0 Å². The Balaban J connectivity index is 2.17. The number of nitrogens with zero attached hydrogens (tertiary/aromatic N) is 1. The van der Waals surface area contributed by atoms with Crippen LogP contribution >= 0.6 is 0 Å². The SMILES string of the molecule is NC1=N[C@@]2(CCCCOCCOc3ccc(N)cc32)C(F)(F)CO1. The lowest BCUT2D eigenvalue weighted by atomic mass is 9.78. The molecule has 2 heterocycles. The first-order valence-electron chi connectivity index (χ1n) is 7.91. The maximum absolute atomic E-state index is 15.0. The minimum atomic E-state index is -3.24. The lowest BCUT2D eigenvalue weighted by Crippen LogP contribution is -2.53. The molecule has 0 unspecified atom stereocenters. The number of nitrogen functional groups attached to an aromatic ring is 1. The molecule has 2 aliphatic rings. The van der Waals surface area contributed by atoms with Crippen molar-refractivity contribution in [3.05, 3.63) is 23.8 Å². The third kappa shape index (κ3) is 2.98. The summed E-state index contributed by atoms with van der Waals surface area (Å²) in [5.74, 6) is -2.93. The van der Waals surface area contributed by atoms with Crippen LogP contribution < -0.4 is 16.2 Å².